The van der Waals surface area contributed by atoms with Gasteiger partial charge in [-0.2, -0.15) is 11.3 Å². The summed E-state index contributed by atoms with van der Waals surface area (Å²) in [5.74, 6) is -0.889. The number of hydrogen-bond donors (Lipinski definition) is 2. The van der Waals surface area contributed by atoms with E-state index in [0.29, 0.717) is 5.76 Å². The Bertz CT molecular complexity index is 899. The monoisotopic (exact) mass is 402 g/mol. The van der Waals surface area contributed by atoms with E-state index in [9.17, 15) is 14.4 Å². The van der Waals surface area contributed by atoms with Gasteiger partial charge in [-0.05, 0) is 47.5 Å². The van der Waals surface area contributed by atoms with E-state index in [4.69, 9.17) is 13.9 Å². The van der Waals surface area contributed by atoms with Gasteiger partial charge in [0.25, 0.3) is 0 Å². The molecule has 146 valence electrons. The third-order valence-electron chi connectivity index (χ3n) is 3.79. The minimum absolute atomic E-state index is 0.117. The molecule has 0 fully saturated rings. The minimum Gasteiger partial charge on any atom is -0.467 e. The molecule has 0 saturated carbocycles. The Morgan fingerprint density at radius 2 is 2.18 bits per heavy atom. The van der Waals surface area contributed by atoms with E-state index >= 15 is 0 Å². The van der Waals surface area contributed by atoms with Crippen LogP contribution in [0.25, 0.3) is 6.08 Å². The molecule has 2 aromatic heterocycles. The molecule has 2 N–H and O–H groups in total. The Morgan fingerprint density at radius 1 is 1.32 bits per heavy atom. The lowest BCUT2D eigenvalue weighted by molar-refractivity contribution is -0.140. The lowest BCUT2D eigenvalue weighted by Gasteiger charge is -2.27. The van der Waals surface area contributed by atoms with Gasteiger partial charge in [-0.3, -0.25) is 0 Å². The fourth-order valence-electron chi connectivity index (χ4n) is 2.58. The van der Waals surface area contributed by atoms with E-state index in [0.717, 1.165) is 5.56 Å². The van der Waals surface area contributed by atoms with Gasteiger partial charge in [0.1, 0.15) is 18.4 Å². The average Bonchev–Trinajstić information content (AvgIpc) is 3.38. The molecule has 1 aliphatic heterocycles. The quantitative estimate of drug-likeness (QED) is 0.545. The molecule has 1 atom stereocenters. The fraction of sp³-hybridized carbons (Fsp3) is 0.211. The molecular weight excluding hydrogens is 384 g/mol. The van der Waals surface area contributed by atoms with E-state index < -0.39 is 24.0 Å². The zero-order valence-corrected chi connectivity index (χ0v) is 15.8. The summed E-state index contributed by atoms with van der Waals surface area (Å²) >= 11 is 1.51. The number of amides is 2. The highest BCUT2D eigenvalue weighted by Crippen LogP contribution is 2.28. The number of furan rings is 1. The summed E-state index contributed by atoms with van der Waals surface area (Å²) in [6.07, 6.45) is 4.33. The largest absolute Gasteiger partial charge is 0.467 e. The highest BCUT2D eigenvalue weighted by atomic mass is 32.1. The molecule has 0 saturated heterocycles. The van der Waals surface area contributed by atoms with Crippen LogP contribution in [0.2, 0.25) is 0 Å². The Kier molecular flexibility index (Phi) is 6.28. The van der Waals surface area contributed by atoms with Crippen molar-refractivity contribution in [3.63, 3.8) is 0 Å². The summed E-state index contributed by atoms with van der Waals surface area (Å²) in [6.45, 7) is 1.52. The molecule has 28 heavy (non-hydrogen) atoms. The third kappa shape index (κ3) is 4.68. The molecule has 1 aliphatic rings. The average molecular weight is 402 g/mol. The normalized spacial score (nSPS) is 16.6. The maximum Gasteiger partial charge on any atom is 0.338 e. The van der Waals surface area contributed by atoms with Crippen LogP contribution < -0.4 is 10.6 Å². The zero-order valence-electron chi connectivity index (χ0n) is 15.0. The first-order valence-corrected chi connectivity index (χ1v) is 9.41. The van der Waals surface area contributed by atoms with Crippen LogP contribution >= 0.6 is 11.3 Å². The molecule has 9 heteroatoms. The molecule has 0 spiro atoms. The lowest BCUT2D eigenvalue weighted by atomic mass is 10.0. The van der Waals surface area contributed by atoms with Crippen molar-refractivity contribution in [1.82, 2.24) is 10.6 Å². The fourth-order valence-corrected chi connectivity index (χ4v) is 3.20. The molecule has 1 unspecified atom stereocenters. The first-order chi connectivity index (χ1) is 13.6. The first kappa shape index (κ1) is 19.4. The number of carbonyl (C=O) groups excluding carboxylic acids is 3. The van der Waals surface area contributed by atoms with Crippen molar-refractivity contribution >= 4 is 35.4 Å². The van der Waals surface area contributed by atoms with Crippen LogP contribution in [0.5, 0.6) is 0 Å². The molecule has 2 aromatic rings. The Labute approximate surface area is 164 Å². The van der Waals surface area contributed by atoms with Crippen molar-refractivity contribution < 1.29 is 28.3 Å². The molecule has 3 rings (SSSR count). The van der Waals surface area contributed by atoms with Gasteiger partial charge in [-0.1, -0.05) is 0 Å². The van der Waals surface area contributed by atoms with Gasteiger partial charge in [0.2, 0.25) is 0 Å². The van der Waals surface area contributed by atoms with Crippen molar-refractivity contribution in [2.24, 2.45) is 0 Å². The number of carbonyl (C=O) groups is 3. The van der Waals surface area contributed by atoms with Crippen LogP contribution in [0.4, 0.5) is 4.79 Å². The van der Waals surface area contributed by atoms with Crippen LogP contribution in [-0.2, 0) is 19.1 Å². The SMILES string of the molecule is CCOC(=O)C1=C(COC(=O)/C=C/c2ccsc2)NC(=O)NC1c1ccco1. The van der Waals surface area contributed by atoms with Crippen LogP contribution in [0.1, 0.15) is 24.3 Å². The predicted molar refractivity (Wildman–Crippen MR) is 101 cm³/mol. The lowest BCUT2D eigenvalue weighted by Crippen LogP contribution is -2.47. The highest BCUT2D eigenvalue weighted by molar-refractivity contribution is 7.08. The maximum absolute atomic E-state index is 12.5. The van der Waals surface area contributed by atoms with Crippen molar-refractivity contribution in [1.29, 1.82) is 0 Å². The molecule has 8 nitrogen and oxygen atoms in total. The van der Waals surface area contributed by atoms with Crippen LogP contribution in [0, 0.1) is 0 Å². The topological polar surface area (TPSA) is 107 Å². The molecule has 0 aromatic carbocycles. The number of ether oxygens (including phenoxy) is 2. The Balaban J connectivity index is 1.80. The van der Waals surface area contributed by atoms with Gasteiger partial charge in [0.15, 0.2) is 0 Å². The second kappa shape index (κ2) is 9.05. The minimum atomic E-state index is -0.849. The maximum atomic E-state index is 12.5. The molecule has 0 radical (unpaired) electrons. The number of rotatable bonds is 7. The number of urea groups is 1. The van der Waals surface area contributed by atoms with Gasteiger partial charge >= 0.3 is 18.0 Å². The summed E-state index contributed by atoms with van der Waals surface area (Å²) in [5, 5.41) is 8.89. The molecule has 2 amide bonds. The van der Waals surface area contributed by atoms with Gasteiger partial charge in [0.05, 0.1) is 24.1 Å². The van der Waals surface area contributed by atoms with Gasteiger partial charge < -0.3 is 24.5 Å². The van der Waals surface area contributed by atoms with Crippen LogP contribution in [0.3, 0.4) is 0 Å². The summed E-state index contributed by atoms with van der Waals surface area (Å²) in [6, 6.07) is 3.73. The van der Waals surface area contributed by atoms with Crippen molar-refractivity contribution in [3.05, 3.63) is 63.9 Å². The number of thiophene rings is 1. The second-order valence-electron chi connectivity index (χ2n) is 5.66. The van der Waals surface area contributed by atoms with E-state index in [1.807, 2.05) is 16.8 Å². The van der Waals surface area contributed by atoms with Crippen LogP contribution in [0.15, 0.2) is 57.0 Å². The second-order valence-corrected chi connectivity index (χ2v) is 6.44. The van der Waals surface area contributed by atoms with Crippen molar-refractivity contribution in [2.75, 3.05) is 13.2 Å². The summed E-state index contributed by atoms with van der Waals surface area (Å²) in [7, 11) is 0. The predicted octanol–water partition coefficient (Wildman–Crippen LogP) is 2.77. The highest BCUT2D eigenvalue weighted by Gasteiger charge is 2.35. The number of esters is 2. The molecular formula is C19H18N2O6S. The van der Waals surface area contributed by atoms with E-state index in [-0.39, 0.29) is 24.5 Å². The molecule has 0 aliphatic carbocycles. The van der Waals surface area contributed by atoms with E-state index in [1.54, 1.807) is 25.1 Å². The van der Waals surface area contributed by atoms with E-state index in [2.05, 4.69) is 10.6 Å². The van der Waals surface area contributed by atoms with Crippen LogP contribution in [-0.4, -0.2) is 31.2 Å². The molecule has 0 bridgehead atoms. The number of hydrogen-bond acceptors (Lipinski definition) is 7. The Morgan fingerprint density at radius 3 is 2.86 bits per heavy atom. The Hall–Kier alpha value is -3.33. The van der Waals surface area contributed by atoms with Gasteiger partial charge in [-0.25, -0.2) is 14.4 Å². The smallest absolute Gasteiger partial charge is 0.338 e. The first-order valence-electron chi connectivity index (χ1n) is 8.46. The molecule has 3 heterocycles. The van der Waals surface area contributed by atoms with E-state index in [1.165, 1.54) is 23.7 Å². The van der Waals surface area contributed by atoms with Crippen molar-refractivity contribution in [2.45, 2.75) is 13.0 Å². The summed E-state index contributed by atoms with van der Waals surface area (Å²) in [5.41, 5.74) is 1.13. The zero-order chi connectivity index (χ0) is 19.9. The number of nitrogens with one attached hydrogen (secondary N) is 2. The standard InChI is InChI=1S/C19H18N2O6S/c1-2-25-18(23)16-13(10-27-15(22)6-5-12-7-9-28-11-12)20-19(24)21-17(16)14-4-3-8-26-14/h3-9,11,17H,2,10H2,1H3,(H2,20,21,24)/b6-5+. The van der Waals surface area contributed by atoms with Crippen molar-refractivity contribution in [3.8, 4) is 0 Å². The summed E-state index contributed by atoms with van der Waals surface area (Å²) < 4.78 is 15.6. The van der Waals surface area contributed by atoms with Gasteiger partial charge in [-0.15, -0.1) is 0 Å². The summed E-state index contributed by atoms with van der Waals surface area (Å²) in [4.78, 5) is 36.5. The third-order valence-corrected chi connectivity index (χ3v) is 4.49. The van der Waals surface area contributed by atoms with Gasteiger partial charge in [0, 0.05) is 6.08 Å².